The Morgan fingerprint density at radius 1 is 1.03 bits per heavy atom. The largest absolute Gasteiger partial charge is 0.371 e. The molecule has 0 radical (unpaired) electrons. The van der Waals surface area contributed by atoms with E-state index in [1.165, 1.54) is 40.7 Å². The first kappa shape index (κ1) is 23.0. The van der Waals surface area contributed by atoms with E-state index in [0.717, 1.165) is 62.9 Å². The number of pyridine rings is 1. The molecule has 3 saturated heterocycles. The molecule has 3 fully saturated rings. The van der Waals surface area contributed by atoms with Gasteiger partial charge in [0.25, 0.3) is 0 Å². The minimum absolute atomic E-state index is 0.102. The maximum atomic E-state index is 6.45. The van der Waals surface area contributed by atoms with E-state index in [-0.39, 0.29) is 12.2 Å². The molecule has 1 aromatic heterocycles. The zero-order valence-corrected chi connectivity index (χ0v) is 21.8. The molecule has 37 heavy (non-hydrogen) atoms. The molecule has 0 amide bonds. The van der Waals surface area contributed by atoms with Crippen LogP contribution in [0.15, 0.2) is 53.7 Å². The maximum Gasteiger partial charge on any atom is 0.134 e. The third-order valence-electron chi connectivity index (χ3n) is 8.78. The Morgan fingerprint density at radius 2 is 1.97 bits per heavy atom. The molecular weight excluding hydrogens is 460 g/mol. The number of aryl methyl sites for hydroxylation is 1. The molecule has 7 heteroatoms. The summed E-state index contributed by atoms with van der Waals surface area (Å²) in [6.45, 7) is 11.3. The van der Waals surface area contributed by atoms with Crippen LogP contribution in [0.25, 0.3) is 10.9 Å². The molecule has 7 nitrogen and oxygen atoms in total. The van der Waals surface area contributed by atoms with Crippen LogP contribution in [-0.2, 0) is 11.3 Å². The average molecular weight is 497 g/mol. The van der Waals surface area contributed by atoms with E-state index in [1.807, 2.05) is 12.3 Å². The summed E-state index contributed by atoms with van der Waals surface area (Å²) in [5.41, 5.74) is 7.68. The molecule has 2 aromatic carbocycles. The van der Waals surface area contributed by atoms with Crippen molar-refractivity contribution in [3.05, 3.63) is 59.8 Å². The minimum Gasteiger partial charge on any atom is -0.371 e. The predicted molar refractivity (Wildman–Crippen MR) is 150 cm³/mol. The standard InChI is InChI=1S/C30H36N6O/c1-20-8-9-26(22-5-4-12-32-28(20)22)36-16-21(2)37-27(17-36)29-33-15-23-24(34-29)6-3-7-25(23)35-14-11-30(19-35)10-13-31-18-30/h3-9,12,21,27,31H,10-11,13-19H2,1-2H3,(H,33,34). The molecule has 3 aromatic rings. The van der Waals surface area contributed by atoms with Gasteiger partial charge in [-0.15, -0.1) is 0 Å². The van der Waals surface area contributed by atoms with Crippen molar-refractivity contribution in [2.24, 2.45) is 10.4 Å². The van der Waals surface area contributed by atoms with Crippen molar-refractivity contribution in [1.29, 1.82) is 0 Å². The minimum atomic E-state index is -0.104. The lowest BCUT2D eigenvalue weighted by Crippen LogP contribution is -2.53. The average Bonchev–Trinajstić information content (AvgIpc) is 3.57. The van der Waals surface area contributed by atoms with Crippen LogP contribution in [-0.4, -0.2) is 62.3 Å². The van der Waals surface area contributed by atoms with Gasteiger partial charge >= 0.3 is 0 Å². The number of hydrogen-bond acceptors (Lipinski definition) is 7. The molecule has 1 spiro atoms. The second-order valence-electron chi connectivity index (χ2n) is 11.4. The quantitative estimate of drug-likeness (QED) is 0.568. The van der Waals surface area contributed by atoms with E-state index in [0.29, 0.717) is 5.41 Å². The normalized spacial score (nSPS) is 27.5. The molecule has 192 valence electrons. The highest BCUT2D eigenvalue weighted by atomic mass is 16.5. The van der Waals surface area contributed by atoms with Gasteiger partial charge in [0.15, 0.2) is 0 Å². The first-order chi connectivity index (χ1) is 18.1. The highest BCUT2D eigenvalue weighted by Gasteiger charge is 2.41. The Kier molecular flexibility index (Phi) is 5.59. The summed E-state index contributed by atoms with van der Waals surface area (Å²) >= 11 is 0. The molecule has 3 unspecified atom stereocenters. The van der Waals surface area contributed by atoms with E-state index in [9.17, 15) is 0 Å². The van der Waals surface area contributed by atoms with Crippen molar-refractivity contribution in [2.45, 2.75) is 45.4 Å². The van der Waals surface area contributed by atoms with Crippen LogP contribution in [0.5, 0.6) is 0 Å². The number of nitrogens with zero attached hydrogens (tertiary/aromatic N) is 4. The van der Waals surface area contributed by atoms with Crippen molar-refractivity contribution in [3.8, 4) is 0 Å². The number of aliphatic imine (C=N–C) groups is 1. The van der Waals surface area contributed by atoms with Gasteiger partial charge < -0.3 is 25.2 Å². The van der Waals surface area contributed by atoms with Gasteiger partial charge in [-0.3, -0.25) is 4.98 Å². The van der Waals surface area contributed by atoms with E-state index in [4.69, 9.17) is 9.73 Å². The van der Waals surface area contributed by atoms with E-state index >= 15 is 0 Å². The van der Waals surface area contributed by atoms with Crippen molar-refractivity contribution < 1.29 is 4.74 Å². The van der Waals surface area contributed by atoms with E-state index in [2.05, 4.69) is 75.7 Å². The number of benzene rings is 2. The number of amidine groups is 1. The van der Waals surface area contributed by atoms with Crippen LogP contribution in [0.3, 0.4) is 0 Å². The van der Waals surface area contributed by atoms with Crippen molar-refractivity contribution >= 4 is 33.8 Å². The van der Waals surface area contributed by atoms with Crippen molar-refractivity contribution in [3.63, 3.8) is 0 Å². The zero-order valence-electron chi connectivity index (χ0n) is 21.8. The van der Waals surface area contributed by atoms with Gasteiger partial charge in [0.1, 0.15) is 11.9 Å². The van der Waals surface area contributed by atoms with Crippen LogP contribution in [0.1, 0.15) is 30.9 Å². The second-order valence-corrected chi connectivity index (χ2v) is 11.4. The fraction of sp³-hybridized carbons (Fsp3) is 0.467. The second kappa shape index (κ2) is 8.99. The number of morpholine rings is 1. The maximum absolute atomic E-state index is 6.45. The summed E-state index contributed by atoms with van der Waals surface area (Å²) < 4.78 is 6.45. The fourth-order valence-corrected chi connectivity index (χ4v) is 6.84. The first-order valence-electron chi connectivity index (χ1n) is 13.7. The number of aromatic nitrogens is 1. The van der Waals surface area contributed by atoms with Gasteiger partial charge in [-0.1, -0.05) is 12.1 Å². The molecule has 7 rings (SSSR count). The summed E-state index contributed by atoms with van der Waals surface area (Å²) in [5.74, 6) is 0.939. The van der Waals surface area contributed by atoms with Crippen LogP contribution < -0.4 is 20.4 Å². The van der Waals surface area contributed by atoms with Gasteiger partial charge in [0.2, 0.25) is 0 Å². The summed E-state index contributed by atoms with van der Waals surface area (Å²) in [5, 5.41) is 8.44. The molecule has 0 aliphatic carbocycles. The van der Waals surface area contributed by atoms with Crippen molar-refractivity contribution in [2.75, 3.05) is 49.1 Å². The highest BCUT2D eigenvalue weighted by Crippen LogP contribution is 2.41. The summed E-state index contributed by atoms with van der Waals surface area (Å²) in [6, 6.07) is 15.2. The van der Waals surface area contributed by atoms with E-state index < -0.39 is 0 Å². The van der Waals surface area contributed by atoms with Gasteiger partial charge in [0.05, 0.1) is 23.9 Å². The lowest BCUT2D eigenvalue weighted by Gasteiger charge is -2.40. The Balaban J connectivity index is 1.16. The van der Waals surface area contributed by atoms with Crippen LogP contribution in [0.2, 0.25) is 0 Å². The molecule has 2 N–H and O–H groups in total. The van der Waals surface area contributed by atoms with Gasteiger partial charge in [-0.25, -0.2) is 4.99 Å². The Labute approximate surface area is 218 Å². The van der Waals surface area contributed by atoms with Gasteiger partial charge in [-0.05, 0) is 69.1 Å². The predicted octanol–water partition coefficient (Wildman–Crippen LogP) is 4.16. The Bertz CT molecular complexity index is 1360. The Morgan fingerprint density at radius 3 is 2.86 bits per heavy atom. The van der Waals surface area contributed by atoms with Crippen LogP contribution in [0.4, 0.5) is 17.1 Å². The number of ether oxygens (including phenoxy) is 1. The van der Waals surface area contributed by atoms with Crippen LogP contribution in [0, 0.1) is 12.3 Å². The molecule has 4 aliphatic heterocycles. The van der Waals surface area contributed by atoms with Crippen molar-refractivity contribution in [1.82, 2.24) is 15.6 Å². The molecule has 3 atom stereocenters. The van der Waals surface area contributed by atoms with Crippen LogP contribution >= 0.6 is 0 Å². The third kappa shape index (κ3) is 4.05. The molecule has 0 bridgehead atoms. The van der Waals surface area contributed by atoms with E-state index in [1.54, 1.807) is 0 Å². The zero-order chi connectivity index (χ0) is 25.0. The number of nitrogens with one attached hydrogen (secondary N) is 2. The fourth-order valence-electron chi connectivity index (χ4n) is 6.84. The molecule has 0 saturated carbocycles. The third-order valence-corrected chi connectivity index (χ3v) is 8.78. The van der Waals surface area contributed by atoms with Gasteiger partial charge in [0, 0.05) is 66.7 Å². The summed E-state index contributed by atoms with van der Waals surface area (Å²) in [7, 11) is 0. The highest BCUT2D eigenvalue weighted by molar-refractivity contribution is 5.95. The molecule has 5 heterocycles. The lowest BCUT2D eigenvalue weighted by atomic mass is 9.86. The summed E-state index contributed by atoms with van der Waals surface area (Å²) in [4.78, 5) is 14.8. The SMILES string of the molecule is Cc1ccc(N2CC(C)OC(C3=Nc4cccc(N5CCC6(CCNC6)C5)c4CN3)C2)c2cccnc12. The number of fused-ring (bicyclic) bond motifs is 2. The topological polar surface area (TPSA) is 65.0 Å². The monoisotopic (exact) mass is 496 g/mol. The molecule has 4 aliphatic rings. The number of rotatable bonds is 3. The molecular formula is C30H36N6O. The summed E-state index contributed by atoms with van der Waals surface area (Å²) in [6.07, 6.45) is 4.44. The first-order valence-corrected chi connectivity index (χ1v) is 13.7. The number of hydrogen-bond donors (Lipinski definition) is 2. The lowest BCUT2D eigenvalue weighted by molar-refractivity contribution is 0.0188. The Hall–Kier alpha value is -3.16. The van der Waals surface area contributed by atoms with Gasteiger partial charge in [-0.2, -0.15) is 0 Å². The smallest absolute Gasteiger partial charge is 0.134 e. The number of anilines is 2.